The number of hydrogen-bond acceptors (Lipinski definition) is 4. The van der Waals surface area contributed by atoms with Crippen molar-refractivity contribution in [2.45, 2.75) is 13.3 Å². The highest BCUT2D eigenvalue weighted by molar-refractivity contribution is 5.78. The maximum Gasteiger partial charge on any atom is 0.238 e. The van der Waals surface area contributed by atoms with Crippen molar-refractivity contribution in [3.05, 3.63) is 29.8 Å². The molecule has 1 fully saturated rings. The van der Waals surface area contributed by atoms with Gasteiger partial charge in [-0.1, -0.05) is 12.1 Å². The van der Waals surface area contributed by atoms with Gasteiger partial charge in [-0.15, -0.1) is 0 Å². The molecule has 2 rings (SSSR count). The Morgan fingerprint density at radius 3 is 2.45 bits per heavy atom. The van der Waals surface area contributed by atoms with E-state index in [2.05, 4.69) is 17.4 Å². The molecule has 5 heteroatoms. The minimum absolute atomic E-state index is 0.0405. The first-order valence-corrected chi connectivity index (χ1v) is 7.12. The molecular formula is C15H23N3O2. The fourth-order valence-corrected chi connectivity index (χ4v) is 2.19. The third-order valence-electron chi connectivity index (χ3n) is 3.39. The number of hydrogen-bond donors (Lipinski definition) is 1. The summed E-state index contributed by atoms with van der Waals surface area (Å²) >= 11 is 0. The van der Waals surface area contributed by atoms with E-state index in [4.69, 9.17) is 4.74 Å². The first-order valence-electron chi connectivity index (χ1n) is 7.12. The van der Waals surface area contributed by atoms with E-state index in [0.29, 0.717) is 13.0 Å². The van der Waals surface area contributed by atoms with Crippen LogP contribution >= 0.6 is 0 Å². The zero-order chi connectivity index (χ0) is 14.4. The van der Waals surface area contributed by atoms with Crippen LogP contribution in [0, 0.1) is 0 Å². The Balaban J connectivity index is 1.79. The van der Waals surface area contributed by atoms with Gasteiger partial charge in [-0.3, -0.25) is 10.2 Å². The van der Waals surface area contributed by atoms with Crippen LogP contribution in [0.2, 0.25) is 0 Å². The lowest BCUT2D eigenvalue weighted by molar-refractivity contribution is -0.126. The Bertz CT molecular complexity index is 425. The number of carbonyl (C=O) groups excluding carboxylic acids is 1. The number of nitrogens with one attached hydrogen (secondary N) is 1. The molecule has 1 aliphatic rings. The average Bonchev–Trinajstić information content (AvgIpc) is 2.44. The highest BCUT2D eigenvalue weighted by Crippen LogP contribution is 2.12. The number of hydrazine groups is 1. The topological polar surface area (TPSA) is 44.8 Å². The zero-order valence-electron chi connectivity index (χ0n) is 12.3. The number of likely N-dealkylation sites (N-methyl/N-ethyl adjacent to an activating group) is 1. The lowest BCUT2D eigenvalue weighted by atomic mass is 10.1. The third-order valence-corrected chi connectivity index (χ3v) is 3.39. The van der Waals surface area contributed by atoms with Crippen molar-refractivity contribution in [3.8, 4) is 5.75 Å². The molecule has 110 valence electrons. The predicted molar refractivity (Wildman–Crippen MR) is 78.5 cm³/mol. The van der Waals surface area contributed by atoms with Crippen LogP contribution in [-0.2, 0) is 11.2 Å². The lowest BCUT2D eigenvalue weighted by Gasteiger charge is -2.32. The van der Waals surface area contributed by atoms with Gasteiger partial charge in [0.15, 0.2) is 0 Å². The summed E-state index contributed by atoms with van der Waals surface area (Å²) in [5.74, 6) is 0.884. The van der Waals surface area contributed by atoms with Crippen molar-refractivity contribution in [3.63, 3.8) is 0 Å². The standard InChI is InChI=1S/C15H23N3O2/c1-3-20-14-6-4-13(5-7-14)12-15(19)16-18-10-8-17(2)9-11-18/h4-7H,3,8-12H2,1-2H3,(H,16,19). The van der Waals surface area contributed by atoms with Crippen molar-refractivity contribution >= 4 is 5.91 Å². The minimum atomic E-state index is 0.0405. The number of ether oxygens (including phenoxy) is 1. The first-order chi connectivity index (χ1) is 9.67. The fraction of sp³-hybridized carbons (Fsp3) is 0.533. The number of amides is 1. The summed E-state index contributed by atoms with van der Waals surface area (Å²) in [7, 11) is 2.10. The molecule has 0 aromatic heterocycles. The molecule has 0 bridgehead atoms. The smallest absolute Gasteiger partial charge is 0.238 e. The van der Waals surface area contributed by atoms with Gasteiger partial charge >= 0.3 is 0 Å². The Kier molecular flexibility index (Phi) is 5.38. The number of carbonyl (C=O) groups is 1. The zero-order valence-corrected chi connectivity index (χ0v) is 12.3. The lowest BCUT2D eigenvalue weighted by Crippen LogP contribution is -2.52. The van der Waals surface area contributed by atoms with Gasteiger partial charge in [0.1, 0.15) is 5.75 Å². The molecule has 1 saturated heterocycles. The maximum atomic E-state index is 12.0. The van der Waals surface area contributed by atoms with E-state index in [1.807, 2.05) is 36.2 Å². The summed E-state index contributed by atoms with van der Waals surface area (Å²) in [6, 6.07) is 7.69. The molecule has 1 aromatic carbocycles. The van der Waals surface area contributed by atoms with Crippen LogP contribution in [-0.4, -0.2) is 55.6 Å². The van der Waals surface area contributed by atoms with Crippen LogP contribution < -0.4 is 10.2 Å². The molecule has 0 radical (unpaired) electrons. The molecule has 0 unspecified atom stereocenters. The van der Waals surface area contributed by atoms with E-state index in [-0.39, 0.29) is 5.91 Å². The Hall–Kier alpha value is -1.59. The highest BCUT2D eigenvalue weighted by atomic mass is 16.5. The second-order valence-corrected chi connectivity index (χ2v) is 5.08. The van der Waals surface area contributed by atoms with E-state index in [9.17, 15) is 4.79 Å². The van der Waals surface area contributed by atoms with Crippen molar-refractivity contribution in [2.75, 3.05) is 39.8 Å². The summed E-state index contributed by atoms with van der Waals surface area (Å²) in [6.07, 6.45) is 0.402. The van der Waals surface area contributed by atoms with E-state index < -0.39 is 0 Å². The van der Waals surface area contributed by atoms with Gasteiger partial charge in [0, 0.05) is 26.2 Å². The molecule has 0 spiro atoms. The second-order valence-electron chi connectivity index (χ2n) is 5.08. The predicted octanol–water partition coefficient (Wildman–Crippen LogP) is 0.906. The minimum Gasteiger partial charge on any atom is -0.494 e. The summed E-state index contributed by atoms with van der Waals surface area (Å²) in [6.45, 7) is 6.35. The van der Waals surface area contributed by atoms with Gasteiger partial charge in [-0.05, 0) is 31.7 Å². The molecule has 1 amide bonds. The maximum absolute atomic E-state index is 12.0. The molecule has 1 N–H and O–H groups in total. The van der Waals surface area contributed by atoms with Gasteiger partial charge in [0.2, 0.25) is 5.91 Å². The van der Waals surface area contributed by atoms with Crippen molar-refractivity contribution in [1.29, 1.82) is 0 Å². The van der Waals surface area contributed by atoms with Crippen molar-refractivity contribution < 1.29 is 9.53 Å². The number of piperazine rings is 1. The second kappa shape index (κ2) is 7.26. The van der Waals surface area contributed by atoms with Crippen molar-refractivity contribution in [2.24, 2.45) is 0 Å². The molecule has 0 atom stereocenters. The molecule has 0 saturated carbocycles. The van der Waals surface area contributed by atoms with Gasteiger partial charge in [0.05, 0.1) is 13.0 Å². The highest BCUT2D eigenvalue weighted by Gasteiger charge is 2.15. The van der Waals surface area contributed by atoms with Gasteiger partial charge in [-0.25, -0.2) is 5.01 Å². The molecule has 1 aromatic rings. The van der Waals surface area contributed by atoms with Crippen LogP contribution in [0.15, 0.2) is 24.3 Å². The summed E-state index contributed by atoms with van der Waals surface area (Å²) in [4.78, 5) is 14.2. The number of nitrogens with zero attached hydrogens (tertiary/aromatic N) is 2. The van der Waals surface area contributed by atoms with Crippen LogP contribution in [0.1, 0.15) is 12.5 Å². The molecule has 1 aliphatic heterocycles. The van der Waals surface area contributed by atoms with Gasteiger partial charge in [-0.2, -0.15) is 0 Å². The fourth-order valence-electron chi connectivity index (χ4n) is 2.19. The van der Waals surface area contributed by atoms with Crippen LogP contribution in [0.5, 0.6) is 5.75 Å². The monoisotopic (exact) mass is 277 g/mol. The molecule has 1 heterocycles. The SMILES string of the molecule is CCOc1ccc(CC(=O)NN2CCN(C)CC2)cc1. The normalized spacial score (nSPS) is 16.9. The summed E-state index contributed by atoms with van der Waals surface area (Å²) in [5, 5.41) is 2.00. The molecule has 5 nitrogen and oxygen atoms in total. The number of rotatable bonds is 5. The Morgan fingerprint density at radius 1 is 1.20 bits per heavy atom. The Labute approximate surface area is 120 Å². The van der Waals surface area contributed by atoms with Gasteiger partial charge < -0.3 is 9.64 Å². The van der Waals surface area contributed by atoms with E-state index in [0.717, 1.165) is 37.5 Å². The first kappa shape index (κ1) is 14.8. The van der Waals surface area contributed by atoms with Crippen LogP contribution in [0.3, 0.4) is 0 Å². The van der Waals surface area contributed by atoms with E-state index in [1.165, 1.54) is 0 Å². The summed E-state index contributed by atoms with van der Waals surface area (Å²) < 4.78 is 5.38. The molecule has 20 heavy (non-hydrogen) atoms. The van der Waals surface area contributed by atoms with Gasteiger partial charge in [0.25, 0.3) is 0 Å². The van der Waals surface area contributed by atoms with Crippen LogP contribution in [0.4, 0.5) is 0 Å². The summed E-state index contributed by atoms with van der Waals surface area (Å²) in [5.41, 5.74) is 3.96. The average molecular weight is 277 g/mol. The largest absolute Gasteiger partial charge is 0.494 e. The van der Waals surface area contributed by atoms with E-state index >= 15 is 0 Å². The third kappa shape index (κ3) is 4.51. The molecular weight excluding hydrogens is 254 g/mol. The number of benzene rings is 1. The van der Waals surface area contributed by atoms with E-state index in [1.54, 1.807) is 0 Å². The van der Waals surface area contributed by atoms with Crippen LogP contribution in [0.25, 0.3) is 0 Å². The Morgan fingerprint density at radius 2 is 1.85 bits per heavy atom. The van der Waals surface area contributed by atoms with Crippen molar-refractivity contribution in [1.82, 2.24) is 15.3 Å². The quantitative estimate of drug-likeness (QED) is 0.869. The molecule has 0 aliphatic carbocycles.